The van der Waals surface area contributed by atoms with Crippen LogP contribution in [-0.4, -0.2) is 47.0 Å². The standard InChI is InChI=1S/C20H20N8O2/c1-20(2)14-4-3-13(9-15(14)24-18(20)30)23-19-25-17-16(21-5-6-28(17)26-19)12-10-22-27(11-12)7-8-29/h3-6,9-11,29H,7-8H2,1-2H3,(H,23,26)(H,24,30). The highest BCUT2D eigenvalue weighted by molar-refractivity contribution is 6.06. The first-order valence-electron chi connectivity index (χ1n) is 9.54. The summed E-state index contributed by atoms with van der Waals surface area (Å²) in [6.07, 6.45) is 6.87. The van der Waals surface area contributed by atoms with E-state index < -0.39 is 5.41 Å². The number of nitrogens with zero attached hydrogens (tertiary/aromatic N) is 6. The van der Waals surface area contributed by atoms with Gasteiger partial charge in [-0.2, -0.15) is 10.1 Å². The molecule has 0 aliphatic carbocycles. The fourth-order valence-corrected chi connectivity index (χ4v) is 3.59. The molecule has 3 aromatic heterocycles. The highest BCUT2D eigenvalue weighted by atomic mass is 16.3. The van der Waals surface area contributed by atoms with Crippen LogP contribution in [0.4, 0.5) is 17.3 Å². The Labute approximate surface area is 171 Å². The quantitative estimate of drug-likeness (QED) is 0.465. The van der Waals surface area contributed by atoms with Crippen LogP contribution in [0.5, 0.6) is 0 Å². The number of benzene rings is 1. The number of hydrogen-bond donors (Lipinski definition) is 3. The topological polar surface area (TPSA) is 122 Å². The molecule has 5 rings (SSSR count). The highest BCUT2D eigenvalue weighted by Gasteiger charge is 2.38. The van der Waals surface area contributed by atoms with Crippen molar-refractivity contribution in [3.63, 3.8) is 0 Å². The van der Waals surface area contributed by atoms with Crippen LogP contribution in [-0.2, 0) is 16.8 Å². The van der Waals surface area contributed by atoms with Crippen molar-refractivity contribution in [3.05, 3.63) is 48.5 Å². The Bertz CT molecular complexity index is 1270. The number of aromatic nitrogens is 6. The monoisotopic (exact) mass is 404 g/mol. The molecule has 3 N–H and O–H groups in total. The number of anilines is 3. The maximum absolute atomic E-state index is 12.2. The first-order valence-corrected chi connectivity index (χ1v) is 9.54. The molecule has 0 radical (unpaired) electrons. The van der Waals surface area contributed by atoms with E-state index in [-0.39, 0.29) is 12.5 Å². The molecule has 1 aliphatic rings. The molecule has 1 aromatic carbocycles. The maximum atomic E-state index is 12.2. The molecule has 10 heteroatoms. The normalized spacial score (nSPS) is 14.7. The minimum Gasteiger partial charge on any atom is -0.394 e. The van der Waals surface area contributed by atoms with Crippen LogP contribution in [0.3, 0.4) is 0 Å². The van der Waals surface area contributed by atoms with E-state index >= 15 is 0 Å². The van der Waals surface area contributed by atoms with E-state index in [1.807, 2.05) is 38.2 Å². The van der Waals surface area contributed by atoms with Crippen molar-refractivity contribution in [1.82, 2.24) is 29.4 Å². The number of fused-ring (bicyclic) bond motifs is 2. The van der Waals surface area contributed by atoms with Gasteiger partial charge in [-0.05, 0) is 31.5 Å². The fraction of sp³-hybridized carbons (Fsp3) is 0.250. The highest BCUT2D eigenvalue weighted by Crippen LogP contribution is 2.38. The van der Waals surface area contributed by atoms with Crippen LogP contribution < -0.4 is 10.6 Å². The molecule has 4 aromatic rings. The zero-order chi connectivity index (χ0) is 20.9. The fourth-order valence-electron chi connectivity index (χ4n) is 3.59. The molecule has 0 fully saturated rings. The third-order valence-corrected chi connectivity index (χ3v) is 5.26. The SMILES string of the molecule is CC1(C)C(=O)Nc2cc(Nc3nc4c(-c5cnn(CCO)c5)nccn4n3)ccc21. The number of aliphatic hydroxyl groups excluding tert-OH is 1. The minimum atomic E-state index is -0.545. The van der Waals surface area contributed by atoms with Gasteiger partial charge in [0.2, 0.25) is 11.9 Å². The zero-order valence-corrected chi connectivity index (χ0v) is 16.5. The van der Waals surface area contributed by atoms with Crippen molar-refractivity contribution >= 4 is 28.9 Å². The van der Waals surface area contributed by atoms with Crippen LogP contribution >= 0.6 is 0 Å². The molecule has 4 heterocycles. The van der Waals surface area contributed by atoms with Gasteiger partial charge in [0, 0.05) is 35.5 Å². The number of nitrogens with one attached hydrogen (secondary N) is 2. The average molecular weight is 404 g/mol. The number of carbonyl (C=O) groups excluding carboxylic acids is 1. The Morgan fingerprint density at radius 2 is 2.17 bits per heavy atom. The molecule has 0 saturated carbocycles. The van der Waals surface area contributed by atoms with Crippen LogP contribution in [0.25, 0.3) is 16.9 Å². The first kappa shape index (κ1) is 18.3. The van der Waals surface area contributed by atoms with Gasteiger partial charge in [0.1, 0.15) is 5.69 Å². The van der Waals surface area contributed by atoms with Gasteiger partial charge < -0.3 is 15.7 Å². The van der Waals surface area contributed by atoms with Crippen LogP contribution in [0, 0.1) is 0 Å². The molecular weight excluding hydrogens is 384 g/mol. The molecule has 0 saturated heterocycles. The summed E-state index contributed by atoms with van der Waals surface area (Å²) < 4.78 is 3.29. The number of carbonyl (C=O) groups is 1. The van der Waals surface area contributed by atoms with Gasteiger partial charge in [0.15, 0.2) is 5.65 Å². The van der Waals surface area contributed by atoms with Crippen LogP contribution in [0.1, 0.15) is 19.4 Å². The lowest BCUT2D eigenvalue weighted by molar-refractivity contribution is -0.119. The van der Waals surface area contributed by atoms with Gasteiger partial charge in [-0.25, -0.2) is 4.52 Å². The summed E-state index contributed by atoms with van der Waals surface area (Å²) in [6, 6.07) is 5.73. The number of amides is 1. The van der Waals surface area contributed by atoms with E-state index in [0.29, 0.717) is 23.8 Å². The summed E-state index contributed by atoms with van der Waals surface area (Å²) in [7, 11) is 0. The van der Waals surface area contributed by atoms with E-state index in [4.69, 9.17) is 5.11 Å². The van der Waals surface area contributed by atoms with Gasteiger partial charge in [0.25, 0.3) is 0 Å². The molecule has 30 heavy (non-hydrogen) atoms. The minimum absolute atomic E-state index is 0.0101. The number of rotatable bonds is 5. The molecule has 0 atom stereocenters. The van der Waals surface area contributed by atoms with E-state index in [1.54, 1.807) is 27.8 Å². The predicted octanol–water partition coefficient (Wildman–Crippen LogP) is 1.95. The van der Waals surface area contributed by atoms with Gasteiger partial charge in [-0.15, -0.1) is 5.10 Å². The zero-order valence-electron chi connectivity index (χ0n) is 16.5. The van der Waals surface area contributed by atoms with Gasteiger partial charge >= 0.3 is 0 Å². The van der Waals surface area contributed by atoms with E-state index in [0.717, 1.165) is 22.5 Å². The smallest absolute Gasteiger partial charge is 0.247 e. The second-order valence-electron chi connectivity index (χ2n) is 7.66. The van der Waals surface area contributed by atoms with Gasteiger partial charge in [-0.3, -0.25) is 14.5 Å². The third kappa shape index (κ3) is 2.89. The lowest BCUT2D eigenvalue weighted by Crippen LogP contribution is -2.26. The Morgan fingerprint density at radius 1 is 1.30 bits per heavy atom. The van der Waals surface area contributed by atoms with Crippen LogP contribution in [0.15, 0.2) is 43.0 Å². The Balaban J connectivity index is 1.47. The number of hydrogen-bond acceptors (Lipinski definition) is 7. The molecule has 10 nitrogen and oxygen atoms in total. The van der Waals surface area contributed by atoms with Crippen molar-refractivity contribution in [3.8, 4) is 11.3 Å². The Kier molecular flexibility index (Phi) is 4.03. The van der Waals surface area contributed by atoms with Crippen molar-refractivity contribution in [2.24, 2.45) is 0 Å². The van der Waals surface area contributed by atoms with Crippen molar-refractivity contribution < 1.29 is 9.90 Å². The van der Waals surface area contributed by atoms with E-state index in [2.05, 4.69) is 30.8 Å². The molecule has 152 valence electrons. The maximum Gasteiger partial charge on any atom is 0.247 e. The number of aliphatic hydroxyl groups is 1. The largest absolute Gasteiger partial charge is 0.394 e. The second-order valence-corrected chi connectivity index (χ2v) is 7.66. The summed E-state index contributed by atoms with van der Waals surface area (Å²) in [4.78, 5) is 21.2. The molecule has 1 amide bonds. The lowest BCUT2D eigenvalue weighted by Gasteiger charge is -2.14. The summed E-state index contributed by atoms with van der Waals surface area (Å²) in [5.74, 6) is 0.397. The van der Waals surface area contributed by atoms with Crippen molar-refractivity contribution in [2.75, 3.05) is 17.2 Å². The first-order chi connectivity index (χ1) is 14.5. The summed E-state index contributed by atoms with van der Waals surface area (Å²) in [5, 5.41) is 23.9. The summed E-state index contributed by atoms with van der Waals surface area (Å²) in [5.41, 5.74) is 3.99. The molecule has 0 bridgehead atoms. The third-order valence-electron chi connectivity index (χ3n) is 5.26. The summed E-state index contributed by atoms with van der Waals surface area (Å²) >= 11 is 0. The average Bonchev–Trinajstić information content (AvgIpc) is 3.39. The lowest BCUT2D eigenvalue weighted by atomic mass is 9.86. The van der Waals surface area contributed by atoms with E-state index in [9.17, 15) is 4.79 Å². The Hall–Kier alpha value is -3.79. The van der Waals surface area contributed by atoms with Gasteiger partial charge in [-0.1, -0.05) is 6.07 Å². The molecule has 0 unspecified atom stereocenters. The molecule has 0 spiro atoms. The van der Waals surface area contributed by atoms with Crippen LogP contribution in [0.2, 0.25) is 0 Å². The Morgan fingerprint density at radius 3 is 3.00 bits per heavy atom. The van der Waals surface area contributed by atoms with Crippen molar-refractivity contribution in [1.29, 1.82) is 0 Å². The van der Waals surface area contributed by atoms with Gasteiger partial charge in [0.05, 0.1) is 24.8 Å². The summed E-state index contributed by atoms with van der Waals surface area (Å²) in [6.45, 7) is 4.23. The molecule has 1 aliphatic heterocycles. The molecular formula is C20H20N8O2. The van der Waals surface area contributed by atoms with Crippen molar-refractivity contribution in [2.45, 2.75) is 25.8 Å². The van der Waals surface area contributed by atoms with E-state index in [1.165, 1.54) is 0 Å². The predicted molar refractivity (Wildman–Crippen MR) is 110 cm³/mol. The second kappa shape index (κ2) is 6.63.